The summed E-state index contributed by atoms with van der Waals surface area (Å²) in [7, 11) is 0. The Morgan fingerprint density at radius 1 is 0.923 bits per heavy atom. The van der Waals surface area contributed by atoms with Crippen LogP contribution in [0.25, 0.3) is 22.7 Å². The van der Waals surface area contributed by atoms with E-state index in [-0.39, 0.29) is 0 Å². The van der Waals surface area contributed by atoms with Crippen molar-refractivity contribution in [2.45, 2.75) is 0 Å². The molecule has 7 heteroatoms. The molecule has 0 bridgehead atoms. The fourth-order valence-electron chi connectivity index (χ4n) is 2.44. The average Bonchev–Trinajstić information content (AvgIpc) is 3.32. The van der Waals surface area contributed by atoms with Crippen molar-refractivity contribution in [2.24, 2.45) is 5.10 Å². The van der Waals surface area contributed by atoms with Crippen molar-refractivity contribution >= 4 is 29.4 Å². The van der Waals surface area contributed by atoms with Crippen LogP contribution in [0.5, 0.6) is 0 Å². The molecule has 128 valence electrons. The Labute approximate surface area is 159 Å². The van der Waals surface area contributed by atoms with E-state index in [9.17, 15) is 0 Å². The minimum atomic E-state index is 0.479. The standard InChI is InChI=1S/C19H12Cl2N4O/c20-16-8-6-14(10-17(16)21)18-9-7-15(26-18)11-23-25-12-22-24-19(25)13-4-2-1-3-5-13/h1-12H/b23-11-. The van der Waals surface area contributed by atoms with Gasteiger partial charge in [0.2, 0.25) is 0 Å². The largest absolute Gasteiger partial charge is 0.455 e. The lowest BCUT2D eigenvalue weighted by molar-refractivity contribution is 0.574. The maximum absolute atomic E-state index is 6.06. The molecule has 4 aromatic rings. The number of rotatable bonds is 4. The third kappa shape index (κ3) is 3.40. The highest BCUT2D eigenvalue weighted by molar-refractivity contribution is 6.42. The van der Waals surface area contributed by atoms with E-state index < -0.39 is 0 Å². The van der Waals surface area contributed by atoms with Crippen LogP contribution in [0.4, 0.5) is 0 Å². The molecule has 0 saturated carbocycles. The third-order valence-electron chi connectivity index (χ3n) is 3.70. The molecule has 2 aromatic carbocycles. The first-order valence-electron chi connectivity index (χ1n) is 7.76. The highest BCUT2D eigenvalue weighted by atomic mass is 35.5. The number of nitrogens with zero attached hydrogens (tertiary/aromatic N) is 4. The smallest absolute Gasteiger partial charge is 0.184 e. The van der Waals surface area contributed by atoms with Gasteiger partial charge in [-0.15, -0.1) is 10.2 Å². The van der Waals surface area contributed by atoms with Crippen LogP contribution in [0.15, 0.2) is 76.5 Å². The molecule has 0 aliphatic carbocycles. The molecule has 0 atom stereocenters. The van der Waals surface area contributed by atoms with E-state index in [4.69, 9.17) is 27.6 Å². The summed E-state index contributed by atoms with van der Waals surface area (Å²) >= 11 is 12.0. The molecule has 0 saturated heterocycles. The van der Waals surface area contributed by atoms with Gasteiger partial charge in [0.15, 0.2) is 5.82 Å². The Kier molecular flexibility index (Phi) is 4.56. The normalized spacial score (nSPS) is 11.3. The third-order valence-corrected chi connectivity index (χ3v) is 4.44. The topological polar surface area (TPSA) is 56.2 Å². The Morgan fingerprint density at radius 3 is 2.58 bits per heavy atom. The summed E-state index contributed by atoms with van der Waals surface area (Å²) in [5, 5.41) is 13.4. The lowest BCUT2D eigenvalue weighted by Crippen LogP contribution is -1.92. The monoisotopic (exact) mass is 382 g/mol. The van der Waals surface area contributed by atoms with E-state index in [1.165, 1.54) is 0 Å². The van der Waals surface area contributed by atoms with Gasteiger partial charge >= 0.3 is 0 Å². The zero-order chi connectivity index (χ0) is 17.9. The summed E-state index contributed by atoms with van der Waals surface area (Å²) in [5.74, 6) is 1.92. The van der Waals surface area contributed by atoms with E-state index in [1.807, 2.05) is 48.5 Å². The van der Waals surface area contributed by atoms with Crippen LogP contribution in [-0.2, 0) is 0 Å². The van der Waals surface area contributed by atoms with Crippen molar-refractivity contribution < 1.29 is 4.42 Å². The fourth-order valence-corrected chi connectivity index (χ4v) is 2.74. The molecule has 0 spiro atoms. The second-order valence-electron chi connectivity index (χ2n) is 5.44. The lowest BCUT2D eigenvalue weighted by Gasteiger charge is -2.00. The Morgan fingerprint density at radius 2 is 1.77 bits per heavy atom. The predicted molar refractivity (Wildman–Crippen MR) is 103 cm³/mol. The molecule has 0 aliphatic rings. The van der Waals surface area contributed by atoms with Crippen LogP contribution >= 0.6 is 23.2 Å². The fraction of sp³-hybridized carbons (Fsp3) is 0. The predicted octanol–water partition coefficient (Wildman–Crippen LogP) is 5.39. The second-order valence-corrected chi connectivity index (χ2v) is 6.26. The molecular formula is C19H12Cl2N4O. The Balaban J connectivity index is 1.59. The van der Waals surface area contributed by atoms with Gasteiger partial charge in [-0.2, -0.15) is 9.78 Å². The van der Waals surface area contributed by atoms with Crippen LogP contribution in [-0.4, -0.2) is 21.1 Å². The molecule has 0 fully saturated rings. The Hall–Kier alpha value is -2.89. The van der Waals surface area contributed by atoms with E-state index in [0.29, 0.717) is 27.4 Å². The molecular weight excluding hydrogens is 371 g/mol. The van der Waals surface area contributed by atoms with Gasteiger partial charge in [0.1, 0.15) is 17.8 Å². The van der Waals surface area contributed by atoms with Gasteiger partial charge in [-0.05, 0) is 30.3 Å². The first-order valence-corrected chi connectivity index (χ1v) is 8.51. The summed E-state index contributed by atoms with van der Waals surface area (Å²) in [5.41, 5.74) is 1.77. The number of halogens is 2. The van der Waals surface area contributed by atoms with Crippen molar-refractivity contribution in [1.29, 1.82) is 0 Å². The molecule has 0 unspecified atom stereocenters. The van der Waals surface area contributed by atoms with Gasteiger partial charge < -0.3 is 4.42 Å². The van der Waals surface area contributed by atoms with Crippen molar-refractivity contribution in [1.82, 2.24) is 14.9 Å². The van der Waals surface area contributed by atoms with Crippen LogP contribution in [0.2, 0.25) is 10.0 Å². The maximum Gasteiger partial charge on any atom is 0.184 e. The molecule has 0 radical (unpaired) electrons. The van der Waals surface area contributed by atoms with Crippen LogP contribution in [0.3, 0.4) is 0 Å². The molecule has 0 aliphatic heterocycles. The number of hydrogen-bond acceptors (Lipinski definition) is 4. The zero-order valence-electron chi connectivity index (χ0n) is 13.4. The quantitative estimate of drug-likeness (QED) is 0.444. The number of benzene rings is 2. The van der Waals surface area contributed by atoms with Crippen molar-refractivity contribution in [3.63, 3.8) is 0 Å². The Bertz CT molecular complexity index is 1070. The minimum Gasteiger partial charge on any atom is -0.455 e. The summed E-state index contributed by atoms with van der Waals surface area (Å²) in [6, 6.07) is 18.7. The van der Waals surface area contributed by atoms with E-state index in [1.54, 1.807) is 29.4 Å². The van der Waals surface area contributed by atoms with Crippen LogP contribution < -0.4 is 0 Å². The average molecular weight is 383 g/mol. The van der Waals surface area contributed by atoms with Crippen LogP contribution in [0.1, 0.15) is 5.76 Å². The molecule has 2 aromatic heterocycles. The van der Waals surface area contributed by atoms with Gasteiger partial charge in [-0.3, -0.25) is 0 Å². The number of furan rings is 1. The van der Waals surface area contributed by atoms with Gasteiger partial charge in [0.25, 0.3) is 0 Å². The lowest BCUT2D eigenvalue weighted by atomic mass is 10.2. The van der Waals surface area contributed by atoms with Crippen molar-refractivity contribution in [3.05, 3.63) is 82.8 Å². The first-order chi connectivity index (χ1) is 12.7. The highest BCUT2D eigenvalue weighted by Gasteiger charge is 2.08. The van der Waals surface area contributed by atoms with Gasteiger partial charge in [0.05, 0.1) is 16.3 Å². The molecule has 0 N–H and O–H groups in total. The minimum absolute atomic E-state index is 0.479. The zero-order valence-corrected chi connectivity index (χ0v) is 14.9. The van der Waals surface area contributed by atoms with Gasteiger partial charge in [-0.1, -0.05) is 53.5 Å². The first kappa shape index (κ1) is 16.6. The summed E-state index contributed by atoms with van der Waals surface area (Å²) < 4.78 is 7.40. The summed E-state index contributed by atoms with van der Waals surface area (Å²) in [6.07, 6.45) is 3.15. The molecule has 26 heavy (non-hydrogen) atoms. The summed E-state index contributed by atoms with van der Waals surface area (Å²) in [6.45, 7) is 0. The molecule has 4 rings (SSSR count). The van der Waals surface area contributed by atoms with Crippen molar-refractivity contribution in [3.8, 4) is 22.7 Å². The SMILES string of the molecule is Clc1ccc(-c2ccc(/C=N\n3cnnc3-c3ccccc3)o2)cc1Cl. The van der Waals surface area contributed by atoms with E-state index >= 15 is 0 Å². The van der Waals surface area contributed by atoms with Gasteiger partial charge in [0, 0.05) is 11.1 Å². The molecule has 0 amide bonds. The van der Waals surface area contributed by atoms with E-state index in [2.05, 4.69) is 15.3 Å². The van der Waals surface area contributed by atoms with Gasteiger partial charge in [-0.25, -0.2) is 0 Å². The van der Waals surface area contributed by atoms with Crippen molar-refractivity contribution in [2.75, 3.05) is 0 Å². The van der Waals surface area contributed by atoms with Crippen LogP contribution in [0, 0.1) is 0 Å². The number of hydrogen-bond donors (Lipinski definition) is 0. The maximum atomic E-state index is 6.06. The number of aromatic nitrogens is 3. The summed E-state index contributed by atoms with van der Waals surface area (Å²) in [4.78, 5) is 0. The molecule has 2 heterocycles. The van der Waals surface area contributed by atoms with E-state index in [0.717, 1.165) is 11.1 Å². The highest BCUT2D eigenvalue weighted by Crippen LogP contribution is 2.29. The molecule has 5 nitrogen and oxygen atoms in total. The second kappa shape index (κ2) is 7.15.